The van der Waals surface area contributed by atoms with Crippen LogP contribution >= 0.6 is 0 Å². The van der Waals surface area contributed by atoms with Gasteiger partial charge in [0.1, 0.15) is 81.7 Å². The summed E-state index contributed by atoms with van der Waals surface area (Å²) >= 11 is 0. The van der Waals surface area contributed by atoms with Crippen LogP contribution in [0.15, 0.2) is 36.4 Å². The molecule has 1 aliphatic rings. The summed E-state index contributed by atoms with van der Waals surface area (Å²) < 4.78 is 27.0. The van der Waals surface area contributed by atoms with Gasteiger partial charge in [-0.3, -0.25) is 9.59 Å². The van der Waals surface area contributed by atoms with E-state index in [0.717, 1.165) is 18.2 Å². The molecule has 3 aromatic rings. The fourth-order valence-corrected chi connectivity index (χ4v) is 6.49. The summed E-state index contributed by atoms with van der Waals surface area (Å²) in [6, 6.07) is 6.57. The minimum Gasteiger partial charge on any atom is -0.508 e. The summed E-state index contributed by atoms with van der Waals surface area (Å²) in [6.45, 7) is 7.33. The van der Waals surface area contributed by atoms with Crippen LogP contribution in [0.25, 0.3) is 0 Å². The van der Waals surface area contributed by atoms with E-state index in [0.29, 0.717) is 5.56 Å². The Morgan fingerprint density at radius 1 is 0.632 bits per heavy atom. The molecule has 1 aliphatic heterocycles. The van der Waals surface area contributed by atoms with Gasteiger partial charge in [0.25, 0.3) is 0 Å². The lowest BCUT2D eigenvalue weighted by atomic mass is 9.95. The van der Waals surface area contributed by atoms with E-state index < -0.39 is 95.9 Å². The number of rotatable bonds is 16. The lowest BCUT2D eigenvalue weighted by molar-refractivity contribution is -0.151. The van der Waals surface area contributed by atoms with Crippen molar-refractivity contribution in [1.82, 2.24) is 0 Å². The molecule has 6 atom stereocenters. The van der Waals surface area contributed by atoms with Crippen LogP contribution in [0.3, 0.4) is 0 Å². The number of carbonyl (C=O) groups excluding carboxylic acids is 5. The van der Waals surface area contributed by atoms with E-state index in [1.54, 1.807) is 0 Å². The van der Waals surface area contributed by atoms with Crippen molar-refractivity contribution < 1.29 is 83.4 Å². The minimum absolute atomic E-state index is 0.0192. The van der Waals surface area contributed by atoms with Crippen LogP contribution in [0, 0.1) is 0 Å². The summed E-state index contributed by atoms with van der Waals surface area (Å²) in [5.41, 5.74) is -0.217. The van der Waals surface area contributed by atoms with Crippen LogP contribution < -0.4 is 0 Å². The van der Waals surface area contributed by atoms with Crippen molar-refractivity contribution in [1.29, 1.82) is 0 Å². The lowest BCUT2D eigenvalue weighted by Crippen LogP contribution is -2.32. The smallest absolute Gasteiger partial charge is 0.342 e. The molecule has 0 saturated heterocycles. The lowest BCUT2D eigenvalue weighted by Gasteiger charge is -2.27. The van der Waals surface area contributed by atoms with E-state index in [1.165, 1.54) is 52.8 Å². The Balaban J connectivity index is 1.35. The first-order valence-corrected chi connectivity index (χ1v) is 18.0. The Kier molecular flexibility index (Phi) is 14.2. The molecule has 0 fully saturated rings. The normalized spacial score (nSPS) is 16.2. The summed E-state index contributed by atoms with van der Waals surface area (Å²) in [5, 5.41) is 70.7. The second kappa shape index (κ2) is 18.6. The van der Waals surface area contributed by atoms with Gasteiger partial charge in [-0.1, -0.05) is 0 Å². The second-order valence-corrected chi connectivity index (χ2v) is 14.2. The number of carbonyl (C=O) groups is 5. The Hall–Kier alpha value is -6.23. The number of aromatic hydroxyl groups is 6. The van der Waals surface area contributed by atoms with E-state index >= 15 is 0 Å². The molecule has 6 unspecified atom stereocenters. The van der Waals surface area contributed by atoms with E-state index in [4.69, 9.17) is 23.7 Å². The van der Waals surface area contributed by atoms with Crippen LogP contribution in [0.5, 0.6) is 34.5 Å². The average molecular weight is 799 g/mol. The quantitative estimate of drug-likeness (QED) is 0.0797. The highest BCUT2D eigenvalue weighted by Gasteiger charge is 2.32. The number of hydrogen-bond donors (Lipinski definition) is 7. The first-order valence-electron chi connectivity index (χ1n) is 18.0. The summed E-state index contributed by atoms with van der Waals surface area (Å²) in [4.78, 5) is 63.9. The van der Waals surface area contributed by atoms with Gasteiger partial charge >= 0.3 is 29.8 Å². The van der Waals surface area contributed by atoms with E-state index in [1.807, 2.05) is 0 Å². The predicted octanol–water partition coefficient (Wildman–Crippen LogP) is 3.99. The Morgan fingerprint density at radius 3 is 1.60 bits per heavy atom. The second-order valence-electron chi connectivity index (χ2n) is 14.2. The van der Waals surface area contributed by atoms with Crippen molar-refractivity contribution in [2.45, 2.75) is 110 Å². The number of benzene rings is 3. The molecule has 0 saturated carbocycles. The van der Waals surface area contributed by atoms with Gasteiger partial charge in [0, 0.05) is 43.9 Å². The van der Waals surface area contributed by atoms with Gasteiger partial charge in [-0.15, -0.1) is 0 Å². The number of hydrogen-bond acceptors (Lipinski definition) is 17. The van der Waals surface area contributed by atoms with Gasteiger partial charge in [-0.2, -0.15) is 0 Å². The highest BCUT2D eigenvalue weighted by atomic mass is 16.6. The third-order valence-electron chi connectivity index (χ3n) is 8.69. The first kappa shape index (κ1) is 43.5. The third kappa shape index (κ3) is 11.9. The zero-order valence-corrected chi connectivity index (χ0v) is 31.9. The van der Waals surface area contributed by atoms with Gasteiger partial charge < -0.3 is 59.4 Å². The SMILES string of the molecule is CC(O)CC(=O)OC(C)Cc1cc(O)cc(O)c1C(=O)OC(C)CC(=O)OC(C)Cc1cc(O)cc(O)c1C(=O)OC(C)CC1Cc2cc(O)cc(O)c2C(=O)O1. The van der Waals surface area contributed by atoms with Gasteiger partial charge in [0.15, 0.2) is 0 Å². The molecule has 0 radical (unpaired) electrons. The number of fused-ring (bicyclic) bond motifs is 1. The van der Waals surface area contributed by atoms with Gasteiger partial charge in [0.2, 0.25) is 0 Å². The monoisotopic (exact) mass is 798 g/mol. The maximum Gasteiger partial charge on any atom is 0.342 e. The maximum absolute atomic E-state index is 13.3. The maximum atomic E-state index is 13.3. The number of ether oxygens (including phenoxy) is 5. The number of aliphatic hydroxyl groups is 1. The van der Waals surface area contributed by atoms with Crippen LogP contribution in [-0.2, 0) is 52.5 Å². The molecule has 0 aliphatic carbocycles. The van der Waals surface area contributed by atoms with Crippen molar-refractivity contribution in [3.63, 3.8) is 0 Å². The van der Waals surface area contributed by atoms with Gasteiger partial charge in [0.05, 0.1) is 18.9 Å². The largest absolute Gasteiger partial charge is 0.508 e. The summed E-state index contributed by atoms with van der Waals surface area (Å²) in [7, 11) is 0. The number of phenols is 6. The fourth-order valence-electron chi connectivity index (χ4n) is 6.49. The molecule has 0 aromatic heterocycles. The molecule has 7 N–H and O–H groups in total. The summed E-state index contributed by atoms with van der Waals surface area (Å²) in [6.07, 6.45) is -6.34. The Morgan fingerprint density at radius 2 is 1.09 bits per heavy atom. The van der Waals surface area contributed by atoms with Gasteiger partial charge in [-0.05, 0) is 69.5 Å². The van der Waals surface area contributed by atoms with Crippen LogP contribution in [0.1, 0.15) is 102 Å². The van der Waals surface area contributed by atoms with E-state index in [-0.39, 0.29) is 71.4 Å². The predicted molar refractivity (Wildman–Crippen MR) is 196 cm³/mol. The number of aliphatic hydroxyl groups excluding tert-OH is 1. The van der Waals surface area contributed by atoms with Crippen molar-refractivity contribution in [3.05, 3.63) is 69.8 Å². The number of cyclic esters (lactones) is 1. The average Bonchev–Trinajstić information content (AvgIpc) is 3.02. The summed E-state index contributed by atoms with van der Waals surface area (Å²) in [5.74, 6) is -7.05. The van der Waals surface area contributed by atoms with Gasteiger partial charge in [-0.25, -0.2) is 14.4 Å². The third-order valence-corrected chi connectivity index (χ3v) is 8.69. The Labute approximate surface area is 327 Å². The first-order chi connectivity index (χ1) is 26.7. The van der Waals surface area contributed by atoms with E-state index in [9.17, 15) is 59.7 Å². The molecule has 17 heteroatoms. The minimum atomic E-state index is -1.09. The highest BCUT2D eigenvalue weighted by Crippen LogP contribution is 2.35. The molecule has 57 heavy (non-hydrogen) atoms. The topological polar surface area (TPSA) is 273 Å². The molecule has 4 rings (SSSR count). The molecule has 1 heterocycles. The molecule has 3 aromatic carbocycles. The number of esters is 5. The highest BCUT2D eigenvalue weighted by molar-refractivity contribution is 5.96. The van der Waals surface area contributed by atoms with Crippen molar-refractivity contribution in [3.8, 4) is 34.5 Å². The molecule has 0 spiro atoms. The fraction of sp³-hybridized carbons (Fsp3) is 0.425. The zero-order chi connectivity index (χ0) is 42.3. The van der Waals surface area contributed by atoms with Crippen molar-refractivity contribution >= 4 is 29.8 Å². The number of phenolic OH excluding ortho intramolecular Hbond substituents is 6. The van der Waals surface area contributed by atoms with Crippen molar-refractivity contribution in [2.75, 3.05) is 0 Å². The molecule has 308 valence electrons. The zero-order valence-electron chi connectivity index (χ0n) is 31.9. The molecule has 17 nitrogen and oxygen atoms in total. The molecular weight excluding hydrogens is 752 g/mol. The molecule has 0 bridgehead atoms. The standard InChI is InChI=1S/C40H46O17/c1-18(41)6-33(48)53-19(2)7-23-11-26(42)16-31(46)36(23)39(51)56-22(5)10-34(49)54-20(3)8-24-12-27(43)15-30(45)35(24)38(50)55-21(4)9-29-14-25-13-28(44)17-32(47)37(25)40(52)57-29/h11-13,15-22,29,41-47H,6-10,14H2,1-5H3. The molecule has 0 amide bonds. The Bertz CT molecular complexity index is 2000. The van der Waals surface area contributed by atoms with Crippen LogP contribution in [-0.4, -0.2) is 102 Å². The molecular formula is C40H46O17. The van der Waals surface area contributed by atoms with Crippen LogP contribution in [0.2, 0.25) is 0 Å². The van der Waals surface area contributed by atoms with Crippen molar-refractivity contribution in [2.24, 2.45) is 0 Å². The van der Waals surface area contributed by atoms with E-state index in [2.05, 4.69) is 0 Å². The van der Waals surface area contributed by atoms with Crippen LogP contribution in [0.4, 0.5) is 0 Å².